The number of nitrogens with one attached hydrogen (secondary N) is 1. The summed E-state index contributed by atoms with van der Waals surface area (Å²) in [6.07, 6.45) is 0.811. The molecule has 0 saturated heterocycles. The van der Waals surface area contributed by atoms with Gasteiger partial charge < -0.3 is 10.4 Å². The minimum atomic E-state index is 0.116. The van der Waals surface area contributed by atoms with Gasteiger partial charge >= 0.3 is 0 Å². The number of aromatic nitrogens is 1. The number of benzene rings is 1. The zero-order valence-corrected chi connectivity index (χ0v) is 13.8. The molecule has 0 saturated carbocycles. The molecule has 0 fully saturated rings. The van der Waals surface area contributed by atoms with Crippen molar-refractivity contribution in [3.05, 3.63) is 40.9 Å². The van der Waals surface area contributed by atoms with Crippen LogP contribution in [-0.2, 0) is 6.54 Å². The molecule has 0 amide bonds. The molecule has 3 nitrogen and oxygen atoms in total. The van der Waals surface area contributed by atoms with Crippen molar-refractivity contribution in [3.8, 4) is 10.6 Å². The zero-order valence-electron chi connectivity index (χ0n) is 13.0. The number of hydrogen-bond donors (Lipinski definition) is 2. The SMILES string of the molecule is Cc1ccc(-c2nc(CNCC(C)(C)CCO)cs2)cc1. The van der Waals surface area contributed by atoms with E-state index in [4.69, 9.17) is 5.11 Å². The van der Waals surface area contributed by atoms with E-state index in [1.807, 2.05) is 0 Å². The fraction of sp³-hybridized carbons (Fsp3) is 0.471. The lowest BCUT2D eigenvalue weighted by Crippen LogP contribution is -2.29. The highest BCUT2D eigenvalue weighted by atomic mass is 32.1. The van der Waals surface area contributed by atoms with Crippen molar-refractivity contribution in [1.82, 2.24) is 10.3 Å². The second-order valence-corrected chi connectivity index (χ2v) is 7.11. The van der Waals surface area contributed by atoms with Crippen molar-refractivity contribution < 1.29 is 5.11 Å². The maximum atomic E-state index is 9.03. The standard InChI is InChI=1S/C17H24N2OS/c1-13-4-6-14(7-5-13)16-19-15(11-21-16)10-18-12-17(2,3)8-9-20/h4-7,11,18,20H,8-10,12H2,1-3H3. The third-order valence-corrected chi connectivity index (χ3v) is 4.49. The maximum absolute atomic E-state index is 9.03. The molecule has 2 rings (SSSR count). The highest BCUT2D eigenvalue weighted by molar-refractivity contribution is 7.13. The molecule has 1 aromatic heterocycles. The van der Waals surface area contributed by atoms with E-state index in [1.165, 1.54) is 11.1 Å². The van der Waals surface area contributed by atoms with Gasteiger partial charge in [0.1, 0.15) is 5.01 Å². The molecule has 21 heavy (non-hydrogen) atoms. The van der Waals surface area contributed by atoms with Gasteiger partial charge in [0.05, 0.1) is 5.69 Å². The summed E-state index contributed by atoms with van der Waals surface area (Å²) < 4.78 is 0. The molecule has 2 aromatic rings. The Morgan fingerprint density at radius 3 is 2.62 bits per heavy atom. The van der Waals surface area contributed by atoms with Crippen molar-refractivity contribution in [1.29, 1.82) is 0 Å². The Balaban J connectivity index is 1.90. The van der Waals surface area contributed by atoms with Crippen LogP contribution in [0.1, 0.15) is 31.5 Å². The number of hydrogen-bond acceptors (Lipinski definition) is 4. The highest BCUT2D eigenvalue weighted by Gasteiger charge is 2.16. The van der Waals surface area contributed by atoms with Gasteiger partial charge in [-0.25, -0.2) is 4.98 Å². The Morgan fingerprint density at radius 2 is 1.95 bits per heavy atom. The molecule has 114 valence electrons. The van der Waals surface area contributed by atoms with Crippen LogP contribution in [0, 0.1) is 12.3 Å². The molecule has 0 spiro atoms. The second kappa shape index (κ2) is 7.16. The van der Waals surface area contributed by atoms with Crippen LogP contribution in [-0.4, -0.2) is 23.2 Å². The van der Waals surface area contributed by atoms with Crippen molar-refractivity contribution in [2.45, 2.75) is 33.7 Å². The van der Waals surface area contributed by atoms with E-state index < -0.39 is 0 Å². The molecule has 0 radical (unpaired) electrons. The van der Waals surface area contributed by atoms with Crippen molar-refractivity contribution in [2.24, 2.45) is 5.41 Å². The van der Waals surface area contributed by atoms with Gasteiger partial charge in [-0.3, -0.25) is 0 Å². The van der Waals surface area contributed by atoms with E-state index >= 15 is 0 Å². The molecule has 0 aliphatic heterocycles. The Kier molecular flexibility index (Phi) is 5.51. The topological polar surface area (TPSA) is 45.2 Å². The maximum Gasteiger partial charge on any atom is 0.123 e. The van der Waals surface area contributed by atoms with E-state index in [9.17, 15) is 0 Å². The minimum Gasteiger partial charge on any atom is -0.396 e. The first kappa shape index (κ1) is 16.1. The third-order valence-electron chi connectivity index (χ3n) is 3.55. The summed E-state index contributed by atoms with van der Waals surface area (Å²) >= 11 is 1.69. The minimum absolute atomic E-state index is 0.116. The van der Waals surface area contributed by atoms with Gasteiger partial charge in [0, 0.05) is 30.6 Å². The summed E-state index contributed by atoms with van der Waals surface area (Å²) in [4.78, 5) is 4.68. The average molecular weight is 304 g/mol. The van der Waals surface area contributed by atoms with Crippen LogP contribution in [0.2, 0.25) is 0 Å². The predicted octanol–water partition coefficient (Wildman–Crippen LogP) is 3.62. The van der Waals surface area contributed by atoms with Crippen LogP contribution in [0.4, 0.5) is 0 Å². The molecular formula is C17H24N2OS. The molecule has 1 aromatic carbocycles. The zero-order chi connectivity index (χ0) is 15.3. The monoisotopic (exact) mass is 304 g/mol. The third kappa shape index (κ3) is 4.92. The van der Waals surface area contributed by atoms with Crippen LogP contribution >= 0.6 is 11.3 Å². The van der Waals surface area contributed by atoms with Gasteiger partial charge in [0.25, 0.3) is 0 Å². The molecule has 0 aliphatic carbocycles. The smallest absolute Gasteiger partial charge is 0.123 e. The van der Waals surface area contributed by atoms with Crippen LogP contribution < -0.4 is 5.32 Å². The van der Waals surface area contributed by atoms with E-state index in [-0.39, 0.29) is 12.0 Å². The number of aliphatic hydroxyl groups excluding tert-OH is 1. The summed E-state index contributed by atoms with van der Waals surface area (Å²) in [6.45, 7) is 8.31. The Morgan fingerprint density at radius 1 is 1.24 bits per heavy atom. The van der Waals surface area contributed by atoms with E-state index in [0.717, 1.165) is 30.2 Å². The lowest BCUT2D eigenvalue weighted by atomic mass is 9.90. The highest BCUT2D eigenvalue weighted by Crippen LogP contribution is 2.24. The second-order valence-electron chi connectivity index (χ2n) is 6.25. The predicted molar refractivity (Wildman–Crippen MR) is 89.5 cm³/mol. The summed E-state index contributed by atoms with van der Waals surface area (Å²) in [5, 5.41) is 15.6. The fourth-order valence-corrected chi connectivity index (χ4v) is 2.96. The first-order valence-corrected chi connectivity index (χ1v) is 8.21. The average Bonchev–Trinajstić information content (AvgIpc) is 2.88. The normalized spacial score (nSPS) is 11.8. The van der Waals surface area contributed by atoms with Crippen molar-refractivity contribution in [2.75, 3.05) is 13.2 Å². The number of nitrogens with zero attached hydrogens (tertiary/aromatic N) is 1. The molecule has 0 aliphatic rings. The van der Waals surface area contributed by atoms with E-state index in [1.54, 1.807) is 11.3 Å². The van der Waals surface area contributed by atoms with Gasteiger partial charge in [-0.2, -0.15) is 0 Å². The first-order valence-electron chi connectivity index (χ1n) is 7.33. The molecule has 2 N–H and O–H groups in total. The first-order chi connectivity index (χ1) is 10.00. The van der Waals surface area contributed by atoms with Crippen molar-refractivity contribution >= 4 is 11.3 Å². The number of rotatable bonds is 7. The lowest BCUT2D eigenvalue weighted by molar-refractivity contribution is 0.207. The molecule has 4 heteroatoms. The fourth-order valence-electron chi connectivity index (χ4n) is 2.14. The van der Waals surface area contributed by atoms with E-state index in [2.05, 4.69) is 60.7 Å². The van der Waals surface area contributed by atoms with Gasteiger partial charge in [0.2, 0.25) is 0 Å². The largest absolute Gasteiger partial charge is 0.396 e. The van der Waals surface area contributed by atoms with Gasteiger partial charge in [0.15, 0.2) is 0 Å². The number of aryl methyl sites for hydroxylation is 1. The summed E-state index contributed by atoms with van der Waals surface area (Å²) in [5.74, 6) is 0. The van der Waals surface area contributed by atoms with E-state index in [0.29, 0.717) is 0 Å². The number of aliphatic hydroxyl groups is 1. The molecule has 0 bridgehead atoms. The molecule has 1 heterocycles. The Labute approximate surface area is 131 Å². The summed E-state index contributed by atoms with van der Waals surface area (Å²) in [7, 11) is 0. The van der Waals surface area contributed by atoms with Gasteiger partial charge in [-0.1, -0.05) is 43.7 Å². The molecule has 0 atom stereocenters. The quantitative estimate of drug-likeness (QED) is 0.821. The Hall–Kier alpha value is -1.23. The van der Waals surface area contributed by atoms with Crippen molar-refractivity contribution in [3.63, 3.8) is 0 Å². The van der Waals surface area contributed by atoms with Crippen LogP contribution in [0.15, 0.2) is 29.6 Å². The van der Waals surface area contributed by atoms with Crippen LogP contribution in [0.25, 0.3) is 10.6 Å². The number of thiazole rings is 1. The van der Waals surface area contributed by atoms with Crippen LogP contribution in [0.5, 0.6) is 0 Å². The summed E-state index contributed by atoms with van der Waals surface area (Å²) in [5.41, 5.74) is 3.64. The van der Waals surface area contributed by atoms with Gasteiger partial charge in [-0.15, -0.1) is 11.3 Å². The summed E-state index contributed by atoms with van der Waals surface area (Å²) in [6, 6.07) is 8.48. The lowest BCUT2D eigenvalue weighted by Gasteiger charge is -2.23. The van der Waals surface area contributed by atoms with Crippen LogP contribution in [0.3, 0.4) is 0 Å². The molecular weight excluding hydrogens is 280 g/mol. The Bertz CT molecular complexity index is 560. The van der Waals surface area contributed by atoms with Gasteiger partial charge in [-0.05, 0) is 18.8 Å². The molecule has 0 unspecified atom stereocenters.